The zero-order valence-electron chi connectivity index (χ0n) is 21.1. The van der Waals surface area contributed by atoms with Crippen LogP contribution in [0.1, 0.15) is 51.9 Å². The fourth-order valence-electron chi connectivity index (χ4n) is 6.84. The Bertz CT molecular complexity index is 870. The van der Waals surface area contributed by atoms with Gasteiger partial charge >= 0.3 is 0 Å². The van der Waals surface area contributed by atoms with Crippen molar-refractivity contribution in [1.82, 2.24) is 19.8 Å². The van der Waals surface area contributed by atoms with Gasteiger partial charge < -0.3 is 24.5 Å². The third-order valence-corrected chi connectivity index (χ3v) is 9.52. The first-order chi connectivity index (χ1) is 16.4. The summed E-state index contributed by atoms with van der Waals surface area (Å²) in [7, 11) is 3.73. The summed E-state index contributed by atoms with van der Waals surface area (Å²) in [6, 6.07) is 0. The molecule has 1 aromatic heterocycles. The number of alkyl halides is 1. The van der Waals surface area contributed by atoms with Gasteiger partial charge in [-0.3, -0.25) is 10.2 Å². The van der Waals surface area contributed by atoms with Crippen LogP contribution in [0.3, 0.4) is 0 Å². The van der Waals surface area contributed by atoms with Crippen molar-refractivity contribution in [1.29, 1.82) is 5.41 Å². The predicted molar refractivity (Wildman–Crippen MR) is 135 cm³/mol. The Kier molecular flexibility index (Phi) is 8.81. The molecule has 192 valence electrons. The molecular formula is C26H44ClN5O2. The van der Waals surface area contributed by atoms with Crippen LogP contribution in [0.5, 0.6) is 0 Å². The number of aryl methyl sites for hydroxylation is 1. The lowest BCUT2D eigenvalue weighted by Gasteiger charge is -2.43. The van der Waals surface area contributed by atoms with Gasteiger partial charge in [0.2, 0.25) is 11.5 Å². The number of aromatic nitrogens is 2. The minimum absolute atomic E-state index is 0.0384. The minimum atomic E-state index is 0.0384. The number of imidazole rings is 1. The number of rotatable bonds is 7. The fourth-order valence-corrected chi connectivity index (χ4v) is 7.07. The SMILES string of the molecule is COC1CNCCC1C1CC(Cn2ccn(C)c2=N)CC(C(=O)NCC2CCC(Cl)C(C)C2)C1. The number of piperidine rings is 1. The topological polar surface area (TPSA) is 84.1 Å². The molecule has 3 aliphatic rings. The highest BCUT2D eigenvalue weighted by Crippen LogP contribution is 2.41. The molecule has 0 bridgehead atoms. The average molecular weight is 494 g/mol. The highest BCUT2D eigenvalue weighted by Gasteiger charge is 2.40. The zero-order chi connectivity index (χ0) is 24.2. The monoisotopic (exact) mass is 493 g/mol. The van der Waals surface area contributed by atoms with Crippen LogP contribution >= 0.6 is 11.6 Å². The second-order valence-corrected chi connectivity index (χ2v) is 11.8. The third kappa shape index (κ3) is 6.08. The van der Waals surface area contributed by atoms with Crippen LogP contribution < -0.4 is 16.3 Å². The molecule has 0 spiro atoms. The average Bonchev–Trinajstić information content (AvgIpc) is 3.16. The maximum atomic E-state index is 13.4. The van der Waals surface area contributed by atoms with E-state index in [2.05, 4.69) is 17.6 Å². The van der Waals surface area contributed by atoms with E-state index in [1.165, 1.54) is 0 Å². The molecule has 2 heterocycles. The molecule has 3 fully saturated rings. The van der Waals surface area contributed by atoms with Crippen molar-refractivity contribution in [2.45, 2.75) is 69.9 Å². The molecule has 0 aromatic carbocycles. The highest BCUT2D eigenvalue weighted by molar-refractivity contribution is 6.20. The molecule has 2 aliphatic carbocycles. The quantitative estimate of drug-likeness (QED) is 0.510. The molecule has 34 heavy (non-hydrogen) atoms. The number of carbonyl (C=O) groups excluding carboxylic acids is 1. The molecular weight excluding hydrogens is 450 g/mol. The van der Waals surface area contributed by atoms with Crippen LogP contribution in [-0.2, 0) is 23.1 Å². The van der Waals surface area contributed by atoms with Crippen molar-refractivity contribution < 1.29 is 9.53 Å². The van der Waals surface area contributed by atoms with Gasteiger partial charge in [0, 0.05) is 57.5 Å². The molecule has 1 amide bonds. The Balaban J connectivity index is 1.43. The lowest BCUT2D eigenvalue weighted by Crippen LogP contribution is -2.48. The summed E-state index contributed by atoms with van der Waals surface area (Å²) in [6.07, 6.45) is 11.5. The fraction of sp³-hybridized carbons (Fsp3) is 0.846. The van der Waals surface area contributed by atoms with E-state index in [9.17, 15) is 4.79 Å². The summed E-state index contributed by atoms with van der Waals surface area (Å²) >= 11 is 6.41. The van der Waals surface area contributed by atoms with Crippen molar-refractivity contribution in [2.75, 3.05) is 26.7 Å². The number of amides is 1. The van der Waals surface area contributed by atoms with Gasteiger partial charge in [0.25, 0.3) is 0 Å². The summed E-state index contributed by atoms with van der Waals surface area (Å²) in [5, 5.41) is 15.4. The molecule has 1 saturated heterocycles. The first-order valence-corrected chi connectivity index (χ1v) is 13.7. The Labute approximate surface area is 209 Å². The second kappa shape index (κ2) is 11.6. The largest absolute Gasteiger partial charge is 0.380 e. The Hall–Kier alpha value is -1.31. The first-order valence-electron chi connectivity index (χ1n) is 13.3. The molecule has 1 aromatic rings. The molecule has 2 saturated carbocycles. The third-order valence-electron chi connectivity index (χ3n) is 8.87. The number of carbonyl (C=O) groups is 1. The van der Waals surface area contributed by atoms with Crippen LogP contribution in [0.4, 0.5) is 0 Å². The number of halogens is 1. The van der Waals surface area contributed by atoms with Gasteiger partial charge in [-0.05, 0) is 81.1 Å². The summed E-state index contributed by atoms with van der Waals surface area (Å²) in [6.45, 7) is 5.73. The van der Waals surface area contributed by atoms with E-state index in [-0.39, 0.29) is 23.3 Å². The summed E-state index contributed by atoms with van der Waals surface area (Å²) < 4.78 is 9.74. The van der Waals surface area contributed by atoms with E-state index in [4.69, 9.17) is 21.7 Å². The van der Waals surface area contributed by atoms with Gasteiger partial charge in [0.05, 0.1) is 6.10 Å². The molecule has 4 rings (SSSR count). The molecule has 8 unspecified atom stereocenters. The van der Waals surface area contributed by atoms with Crippen LogP contribution in [0, 0.1) is 40.9 Å². The summed E-state index contributed by atoms with van der Waals surface area (Å²) in [4.78, 5) is 13.4. The number of ether oxygens (including phenoxy) is 1. The normalized spacial score (nSPS) is 36.8. The zero-order valence-corrected chi connectivity index (χ0v) is 21.9. The van der Waals surface area contributed by atoms with Gasteiger partial charge in [-0.2, -0.15) is 0 Å². The first kappa shape index (κ1) is 25.8. The van der Waals surface area contributed by atoms with E-state index < -0.39 is 0 Å². The van der Waals surface area contributed by atoms with Gasteiger partial charge in [-0.25, -0.2) is 0 Å². The van der Waals surface area contributed by atoms with Crippen LogP contribution in [0.2, 0.25) is 0 Å². The van der Waals surface area contributed by atoms with Crippen molar-refractivity contribution >= 4 is 17.5 Å². The van der Waals surface area contributed by atoms with Crippen molar-refractivity contribution in [2.24, 2.45) is 42.6 Å². The Morgan fingerprint density at radius 1 is 1.21 bits per heavy atom. The number of hydrogen-bond donors (Lipinski definition) is 3. The summed E-state index contributed by atoms with van der Waals surface area (Å²) in [5.74, 6) is 2.68. The molecule has 8 atom stereocenters. The molecule has 1 aliphatic heterocycles. The number of nitrogens with one attached hydrogen (secondary N) is 3. The molecule has 3 N–H and O–H groups in total. The lowest BCUT2D eigenvalue weighted by atomic mass is 9.67. The Morgan fingerprint density at radius 2 is 2.03 bits per heavy atom. The highest BCUT2D eigenvalue weighted by atomic mass is 35.5. The Morgan fingerprint density at radius 3 is 2.74 bits per heavy atom. The van der Waals surface area contributed by atoms with E-state index in [0.717, 1.165) is 71.1 Å². The van der Waals surface area contributed by atoms with Crippen molar-refractivity contribution in [3.05, 3.63) is 18.0 Å². The van der Waals surface area contributed by atoms with E-state index in [1.54, 1.807) is 0 Å². The summed E-state index contributed by atoms with van der Waals surface area (Å²) in [5.41, 5.74) is 0.517. The van der Waals surface area contributed by atoms with Gasteiger partial charge in [-0.1, -0.05) is 6.92 Å². The van der Waals surface area contributed by atoms with E-state index in [1.807, 2.05) is 35.7 Å². The van der Waals surface area contributed by atoms with E-state index >= 15 is 0 Å². The van der Waals surface area contributed by atoms with Crippen molar-refractivity contribution in [3.63, 3.8) is 0 Å². The molecule has 8 heteroatoms. The van der Waals surface area contributed by atoms with Gasteiger partial charge in [0.1, 0.15) is 0 Å². The van der Waals surface area contributed by atoms with Crippen LogP contribution in [0.15, 0.2) is 12.4 Å². The lowest BCUT2D eigenvalue weighted by molar-refractivity contribution is -0.128. The van der Waals surface area contributed by atoms with E-state index in [0.29, 0.717) is 35.2 Å². The number of nitrogens with zero attached hydrogens (tertiary/aromatic N) is 2. The predicted octanol–water partition coefficient (Wildman–Crippen LogP) is 3.12. The van der Waals surface area contributed by atoms with Gasteiger partial charge in [-0.15, -0.1) is 11.6 Å². The van der Waals surface area contributed by atoms with Crippen LogP contribution in [-0.4, -0.2) is 53.3 Å². The maximum Gasteiger partial charge on any atom is 0.223 e. The maximum absolute atomic E-state index is 13.4. The van der Waals surface area contributed by atoms with Crippen LogP contribution in [0.25, 0.3) is 0 Å². The number of methoxy groups -OCH3 is 1. The number of hydrogen-bond acceptors (Lipinski definition) is 4. The smallest absolute Gasteiger partial charge is 0.223 e. The van der Waals surface area contributed by atoms with Crippen molar-refractivity contribution in [3.8, 4) is 0 Å². The van der Waals surface area contributed by atoms with Gasteiger partial charge in [0.15, 0.2) is 0 Å². The molecule has 0 radical (unpaired) electrons. The molecule has 7 nitrogen and oxygen atoms in total. The minimum Gasteiger partial charge on any atom is -0.380 e. The second-order valence-electron chi connectivity index (χ2n) is 11.3. The standard InChI is InChI=1S/C26H44ClN5O2/c1-17-10-18(4-5-23(17)27)14-30-25(33)21-12-19(16-32-9-8-31(2)26(32)28)11-20(13-21)22-6-7-29-15-24(22)34-3/h8-9,17-24,28-29H,4-7,10-16H2,1-3H3,(H,30,33).